The van der Waals surface area contributed by atoms with E-state index >= 15 is 0 Å². The average molecular weight is 321 g/mol. The van der Waals surface area contributed by atoms with Gasteiger partial charge in [-0.25, -0.2) is 0 Å². The van der Waals surface area contributed by atoms with E-state index in [1.165, 1.54) is 10.4 Å². The fraction of sp³-hybridized carbons (Fsp3) is 0.214. The van der Waals surface area contributed by atoms with Gasteiger partial charge in [-0.05, 0) is 36.8 Å². The molecule has 1 heterocycles. The minimum Gasteiger partial charge on any atom is -0.305 e. The lowest BCUT2D eigenvalue weighted by molar-refractivity contribution is 0.578. The Labute approximate surface area is 119 Å². The van der Waals surface area contributed by atoms with E-state index in [2.05, 4.69) is 46.4 Å². The molecule has 0 amide bonds. The van der Waals surface area contributed by atoms with Crippen molar-refractivity contribution < 1.29 is 0 Å². The van der Waals surface area contributed by atoms with Crippen LogP contribution in [0.25, 0.3) is 0 Å². The summed E-state index contributed by atoms with van der Waals surface area (Å²) in [6.07, 6.45) is 0. The molecule has 0 saturated carbocycles. The molecule has 0 saturated heterocycles. The fourth-order valence-corrected chi connectivity index (χ4v) is 2.85. The van der Waals surface area contributed by atoms with Gasteiger partial charge >= 0.3 is 0 Å². The highest BCUT2D eigenvalue weighted by Gasteiger charge is 2.06. The molecule has 1 aromatic heterocycles. The van der Waals surface area contributed by atoms with Crippen LogP contribution < -0.4 is 5.32 Å². The summed E-state index contributed by atoms with van der Waals surface area (Å²) >= 11 is 5.02. The number of nitrogens with one attached hydrogen (secondary N) is 1. The smallest absolute Gasteiger partial charge is 0.110 e. The van der Waals surface area contributed by atoms with Crippen LogP contribution in [0, 0.1) is 11.3 Å². The molecule has 4 heteroatoms. The molecular weight excluding hydrogens is 308 g/mol. The molecule has 2 nitrogen and oxygen atoms in total. The number of rotatable bonds is 4. The van der Waals surface area contributed by atoms with Crippen LogP contribution in [0.1, 0.15) is 28.3 Å². The van der Waals surface area contributed by atoms with E-state index in [0.29, 0.717) is 0 Å². The predicted molar refractivity (Wildman–Crippen MR) is 78.4 cm³/mol. The topological polar surface area (TPSA) is 35.8 Å². The number of nitrogens with zero attached hydrogens (tertiary/aromatic N) is 1. The molecule has 1 N–H and O–H groups in total. The molecule has 2 aromatic rings. The van der Waals surface area contributed by atoms with Crippen molar-refractivity contribution in [3.8, 4) is 6.07 Å². The van der Waals surface area contributed by atoms with Gasteiger partial charge in [0.2, 0.25) is 0 Å². The third-order valence-electron chi connectivity index (χ3n) is 2.70. The molecule has 0 spiro atoms. The largest absolute Gasteiger partial charge is 0.305 e. The lowest BCUT2D eigenvalue weighted by Crippen LogP contribution is -2.17. The highest BCUT2D eigenvalue weighted by molar-refractivity contribution is 9.10. The first-order valence-electron chi connectivity index (χ1n) is 5.66. The number of hydrogen-bond acceptors (Lipinski definition) is 3. The van der Waals surface area contributed by atoms with Gasteiger partial charge in [-0.15, -0.1) is 11.3 Å². The summed E-state index contributed by atoms with van der Waals surface area (Å²) in [5.41, 5.74) is 1.25. The monoisotopic (exact) mass is 320 g/mol. The quantitative estimate of drug-likeness (QED) is 0.914. The third-order valence-corrected chi connectivity index (χ3v) is 4.19. The van der Waals surface area contributed by atoms with Crippen LogP contribution in [0.5, 0.6) is 0 Å². The van der Waals surface area contributed by atoms with Crippen LogP contribution in [0.2, 0.25) is 0 Å². The van der Waals surface area contributed by atoms with Crippen LogP contribution in [0.4, 0.5) is 0 Å². The van der Waals surface area contributed by atoms with Crippen molar-refractivity contribution in [1.82, 2.24) is 5.32 Å². The first kappa shape index (κ1) is 13.3. The molecule has 0 aliphatic carbocycles. The van der Waals surface area contributed by atoms with Gasteiger partial charge in [0.15, 0.2) is 0 Å². The van der Waals surface area contributed by atoms with Crippen molar-refractivity contribution in [1.29, 1.82) is 5.26 Å². The molecule has 1 aromatic carbocycles. The number of thiophene rings is 1. The average Bonchev–Trinajstić information content (AvgIpc) is 2.84. The Morgan fingerprint density at radius 2 is 2.22 bits per heavy atom. The Morgan fingerprint density at radius 3 is 2.89 bits per heavy atom. The zero-order valence-electron chi connectivity index (χ0n) is 9.98. The minimum absolute atomic E-state index is 0.287. The van der Waals surface area contributed by atoms with Crippen molar-refractivity contribution in [2.24, 2.45) is 0 Å². The maximum absolute atomic E-state index is 8.77. The lowest BCUT2D eigenvalue weighted by atomic mass is 10.1. The number of hydrogen-bond donors (Lipinski definition) is 1. The molecule has 2 rings (SSSR count). The fourth-order valence-electron chi connectivity index (χ4n) is 1.68. The van der Waals surface area contributed by atoms with E-state index in [1.807, 2.05) is 24.3 Å². The Morgan fingerprint density at radius 1 is 1.39 bits per heavy atom. The maximum atomic E-state index is 8.77. The van der Waals surface area contributed by atoms with Gasteiger partial charge in [-0.1, -0.05) is 28.1 Å². The first-order chi connectivity index (χ1) is 8.69. The van der Waals surface area contributed by atoms with Crippen molar-refractivity contribution in [3.63, 3.8) is 0 Å². The summed E-state index contributed by atoms with van der Waals surface area (Å²) in [5, 5.41) is 12.2. The predicted octanol–water partition coefficient (Wildman–Crippen LogP) is 4.23. The molecule has 92 valence electrons. The molecule has 0 radical (unpaired) electrons. The summed E-state index contributed by atoms with van der Waals surface area (Å²) in [6, 6.07) is 14.6. The Kier molecular flexibility index (Phi) is 4.54. The molecule has 0 aliphatic rings. The van der Waals surface area contributed by atoms with Gasteiger partial charge in [0.1, 0.15) is 10.9 Å². The molecule has 0 fully saturated rings. The lowest BCUT2D eigenvalue weighted by Gasteiger charge is -2.13. The van der Waals surface area contributed by atoms with Gasteiger partial charge in [0.25, 0.3) is 0 Å². The van der Waals surface area contributed by atoms with Crippen molar-refractivity contribution in [2.45, 2.75) is 19.5 Å². The zero-order chi connectivity index (χ0) is 13.0. The molecule has 18 heavy (non-hydrogen) atoms. The highest BCUT2D eigenvalue weighted by Crippen LogP contribution is 2.20. The zero-order valence-corrected chi connectivity index (χ0v) is 12.4. The van der Waals surface area contributed by atoms with E-state index in [4.69, 9.17) is 5.26 Å². The SMILES string of the molecule is C[C@H](NCc1ccc(C#N)s1)c1cccc(Br)c1. The van der Waals surface area contributed by atoms with Crippen LogP contribution in [-0.2, 0) is 6.54 Å². The van der Waals surface area contributed by atoms with Crippen molar-refractivity contribution in [3.05, 3.63) is 56.2 Å². The molecule has 1 atom stereocenters. The second-order valence-corrected chi connectivity index (χ2v) is 6.12. The highest BCUT2D eigenvalue weighted by atomic mass is 79.9. The number of nitriles is 1. The first-order valence-corrected chi connectivity index (χ1v) is 7.27. The Hall–Kier alpha value is -1.15. The maximum Gasteiger partial charge on any atom is 0.110 e. The van der Waals surface area contributed by atoms with E-state index in [0.717, 1.165) is 15.9 Å². The van der Waals surface area contributed by atoms with Crippen LogP contribution in [0.15, 0.2) is 40.9 Å². The van der Waals surface area contributed by atoms with E-state index in [9.17, 15) is 0 Å². The van der Waals surface area contributed by atoms with Crippen LogP contribution in [0.3, 0.4) is 0 Å². The van der Waals surface area contributed by atoms with E-state index in [1.54, 1.807) is 11.3 Å². The van der Waals surface area contributed by atoms with Gasteiger partial charge in [0, 0.05) is 21.9 Å². The van der Waals surface area contributed by atoms with Crippen LogP contribution in [-0.4, -0.2) is 0 Å². The van der Waals surface area contributed by atoms with Gasteiger partial charge in [0.05, 0.1) is 0 Å². The van der Waals surface area contributed by atoms with Gasteiger partial charge < -0.3 is 5.32 Å². The number of benzene rings is 1. The Balaban J connectivity index is 1.96. The molecule has 0 unspecified atom stereocenters. The normalized spacial score (nSPS) is 12.1. The number of halogens is 1. The summed E-state index contributed by atoms with van der Waals surface area (Å²) in [6.45, 7) is 2.93. The van der Waals surface area contributed by atoms with Crippen molar-refractivity contribution in [2.75, 3.05) is 0 Å². The minimum atomic E-state index is 0.287. The molecule has 0 aliphatic heterocycles. The standard InChI is InChI=1S/C14H13BrN2S/c1-10(11-3-2-4-12(15)7-11)17-9-14-6-5-13(8-16)18-14/h2-7,10,17H,9H2,1H3/t10-/m0/s1. The summed E-state index contributed by atoms with van der Waals surface area (Å²) in [7, 11) is 0. The summed E-state index contributed by atoms with van der Waals surface area (Å²) in [4.78, 5) is 1.95. The Bertz CT molecular complexity index is 571. The summed E-state index contributed by atoms with van der Waals surface area (Å²) in [5.74, 6) is 0. The van der Waals surface area contributed by atoms with Gasteiger partial charge in [-0.3, -0.25) is 0 Å². The van der Waals surface area contributed by atoms with E-state index in [-0.39, 0.29) is 6.04 Å². The van der Waals surface area contributed by atoms with Crippen LogP contribution >= 0.6 is 27.3 Å². The second-order valence-electron chi connectivity index (χ2n) is 4.04. The third kappa shape index (κ3) is 3.42. The summed E-state index contributed by atoms with van der Waals surface area (Å²) < 4.78 is 1.09. The molecular formula is C14H13BrN2S. The van der Waals surface area contributed by atoms with Gasteiger partial charge in [-0.2, -0.15) is 5.26 Å². The second kappa shape index (κ2) is 6.14. The molecule has 0 bridgehead atoms. The van der Waals surface area contributed by atoms with E-state index < -0.39 is 0 Å². The van der Waals surface area contributed by atoms with Crippen molar-refractivity contribution >= 4 is 27.3 Å².